The van der Waals surface area contributed by atoms with E-state index in [9.17, 15) is 14.4 Å². The minimum atomic E-state index is -0.711. The van der Waals surface area contributed by atoms with Crippen LogP contribution in [0.25, 0.3) is 0 Å². The standard InChI is InChI=1S/C17H13Cl2NO5/c18-12-3-6-15(14(19)7-12)20-16(22)9-25-17(23)10-24-13-4-1-11(8-21)2-5-13/h1-8H,9-10H2,(H,20,22). The molecule has 0 bridgehead atoms. The molecule has 0 aromatic heterocycles. The fourth-order valence-electron chi connectivity index (χ4n) is 1.75. The number of ether oxygens (including phenoxy) is 2. The van der Waals surface area contributed by atoms with Crippen molar-refractivity contribution in [1.29, 1.82) is 0 Å². The van der Waals surface area contributed by atoms with E-state index < -0.39 is 18.5 Å². The highest BCUT2D eigenvalue weighted by atomic mass is 35.5. The van der Waals surface area contributed by atoms with E-state index in [2.05, 4.69) is 5.32 Å². The van der Waals surface area contributed by atoms with Gasteiger partial charge < -0.3 is 14.8 Å². The number of hydrogen-bond donors (Lipinski definition) is 1. The third-order valence-electron chi connectivity index (χ3n) is 2.94. The van der Waals surface area contributed by atoms with Crippen molar-refractivity contribution in [3.8, 4) is 5.75 Å². The molecule has 0 saturated heterocycles. The molecule has 0 aliphatic carbocycles. The van der Waals surface area contributed by atoms with Crippen LogP contribution in [0.1, 0.15) is 10.4 Å². The smallest absolute Gasteiger partial charge is 0.344 e. The third-order valence-corrected chi connectivity index (χ3v) is 3.49. The monoisotopic (exact) mass is 381 g/mol. The van der Waals surface area contributed by atoms with Gasteiger partial charge in [-0.1, -0.05) is 23.2 Å². The van der Waals surface area contributed by atoms with Crippen molar-refractivity contribution < 1.29 is 23.9 Å². The fourth-order valence-corrected chi connectivity index (χ4v) is 2.21. The molecule has 0 spiro atoms. The van der Waals surface area contributed by atoms with Gasteiger partial charge in [-0.2, -0.15) is 0 Å². The number of carbonyl (C=O) groups is 3. The van der Waals surface area contributed by atoms with Crippen LogP contribution in [0.2, 0.25) is 10.0 Å². The second-order valence-corrected chi connectivity index (χ2v) is 5.65. The van der Waals surface area contributed by atoms with Crippen molar-refractivity contribution in [3.63, 3.8) is 0 Å². The molecule has 25 heavy (non-hydrogen) atoms. The summed E-state index contributed by atoms with van der Waals surface area (Å²) in [6, 6.07) is 10.8. The van der Waals surface area contributed by atoms with Crippen LogP contribution >= 0.6 is 23.2 Å². The molecule has 130 valence electrons. The molecule has 2 rings (SSSR count). The SMILES string of the molecule is O=Cc1ccc(OCC(=O)OCC(=O)Nc2ccc(Cl)cc2Cl)cc1. The summed E-state index contributed by atoms with van der Waals surface area (Å²) in [4.78, 5) is 33.9. The second-order valence-electron chi connectivity index (χ2n) is 4.81. The number of benzene rings is 2. The number of amides is 1. The Labute approximate surface area is 153 Å². The molecule has 2 aromatic carbocycles. The fraction of sp³-hybridized carbons (Fsp3) is 0.118. The van der Waals surface area contributed by atoms with Gasteiger partial charge in [0.05, 0.1) is 10.7 Å². The highest BCUT2D eigenvalue weighted by molar-refractivity contribution is 6.36. The van der Waals surface area contributed by atoms with E-state index in [1.54, 1.807) is 30.3 Å². The van der Waals surface area contributed by atoms with Crippen molar-refractivity contribution >= 4 is 47.1 Å². The van der Waals surface area contributed by atoms with Gasteiger partial charge in [-0.25, -0.2) is 4.79 Å². The van der Waals surface area contributed by atoms with Crippen molar-refractivity contribution in [2.24, 2.45) is 0 Å². The Bertz CT molecular complexity index is 777. The number of nitrogens with one attached hydrogen (secondary N) is 1. The summed E-state index contributed by atoms with van der Waals surface area (Å²) in [5.74, 6) is -0.857. The van der Waals surface area contributed by atoms with Crippen molar-refractivity contribution in [1.82, 2.24) is 0 Å². The van der Waals surface area contributed by atoms with Gasteiger partial charge in [-0.15, -0.1) is 0 Å². The number of carbonyl (C=O) groups excluding carboxylic acids is 3. The van der Waals surface area contributed by atoms with Gasteiger partial charge >= 0.3 is 5.97 Å². The van der Waals surface area contributed by atoms with E-state index in [0.717, 1.165) is 0 Å². The number of aldehydes is 1. The summed E-state index contributed by atoms with van der Waals surface area (Å²) in [7, 11) is 0. The van der Waals surface area contributed by atoms with Crippen LogP contribution in [-0.2, 0) is 14.3 Å². The predicted molar refractivity (Wildman–Crippen MR) is 93.4 cm³/mol. The molecular formula is C17H13Cl2NO5. The predicted octanol–water partition coefficient (Wildman–Crippen LogP) is 3.37. The van der Waals surface area contributed by atoms with Crippen LogP contribution in [0.4, 0.5) is 5.69 Å². The van der Waals surface area contributed by atoms with E-state index in [1.807, 2.05) is 0 Å². The number of esters is 1. The minimum absolute atomic E-state index is 0.272. The van der Waals surface area contributed by atoms with Gasteiger partial charge in [-0.3, -0.25) is 9.59 Å². The maximum atomic E-state index is 11.7. The van der Waals surface area contributed by atoms with Crippen LogP contribution < -0.4 is 10.1 Å². The molecule has 1 amide bonds. The molecule has 2 aromatic rings. The summed E-state index contributed by atoms with van der Waals surface area (Å²) in [6.07, 6.45) is 0.698. The molecule has 0 heterocycles. The quantitative estimate of drug-likeness (QED) is 0.587. The van der Waals surface area contributed by atoms with E-state index >= 15 is 0 Å². The molecule has 1 N–H and O–H groups in total. The summed E-state index contributed by atoms with van der Waals surface area (Å²) in [5.41, 5.74) is 0.853. The van der Waals surface area contributed by atoms with Gasteiger partial charge in [0.25, 0.3) is 5.91 Å². The topological polar surface area (TPSA) is 81.7 Å². The van der Waals surface area contributed by atoms with E-state index in [1.165, 1.54) is 12.1 Å². The molecule has 0 fully saturated rings. The zero-order chi connectivity index (χ0) is 18.2. The maximum Gasteiger partial charge on any atom is 0.344 e. The van der Waals surface area contributed by atoms with Gasteiger partial charge in [0.15, 0.2) is 13.2 Å². The number of rotatable bonds is 7. The first-order chi connectivity index (χ1) is 12.0. The Morgan fingerprint density at radius 2 is 1.76 bits per heavy atom. The summed E-state index contributed by atoms with van der Waals surface area (Å²) < 4.78 is 10.00. The first kappa shape index (κ1) is 18.8. The van der Waals surface area contributed by atoms with Gasteiger partial charge in [0.2, 0.25) is 0 Å². The Balaban J connectivity index is 1.75. The maximum absolute atomic E-state index is 11.7. The lowest BCUT2D eigenvalue weighted by Gasteiger charge is -2.09. The average Bonchev–Trinajstić information content (AvgIpc) is 2.61. The lowest BCUT2D eigenvalue weighted by atomic mass is 10.2. The van der Waals surface area contributed by atoms with Crippen molar-refractivity contribution in [2.45, 2.75) is 0 Å². The van der Waals surface area contributed by atoms with Crippen molar-refractivity contribution in [3.05, 3.63) is 58.1 Å². The highest BCUT2D eigenvalue weighted by Gasteiger charge is 2.10. The van der Waals surface area contributed by atoms with Crippen LogP contribution in [0.15, 0.2) is 42.5 Å². The molecule has 6 nitrogen and oxygen atoms in total. The first-order valence-electron chi connectivity index (χ1n) is 7.06. The number of hydrogen-bond acceptors (Lipinski definition) is 5. The number of anilines is 1. The molecule has 8 heteroatoms. The molecule has 0 aliphatic heterocycles. The van der Waals surface area contributed by atoms with Gasteiger partial charge in [0, 0.05) is 10.6 Å². The van der Waals surface area contributed by atoms with Crippen LogP contribution in [-0.4, -0.2) is 31.4 Å². The zero-order valence-corrected chi connectivity index (χ0v) is 14.3. The molecule has 0 radical (unpaired) electrons. The van der Waals surface area contributed by atoms with E-state index in [-0.39, 0.29) is 11.6 Å². The molecule has 0 saturated carbocycles. The van der Waals surface area contributed by atoms with Crippen LogP contribution in [0, 0.1) is 0 Å². The lowest BCUT2D eigenvalue weighted by Crippen LogP contribution is -2.23. The Kier molecular flexibility index (Phi) is 6.80. The van der Waals surface area contributed by atoms with E-state index in [4.69, 9.17) is 32.7 Å². The molecule has 0 aliphatic rings. The first-order valence-corrected chi connectivity index (χ1v) is 7.82. The van der Waals surface area contributed by atoms with Crippen LogP contribution in [0.3, 0.4) is 0 Å². The average molecular weight is 382 g/mol. The highest BCUT2D eigenvalue weighted by Crippen LogP contribution is 2.25. The van der Waals surface area contributed by atoms with Crippen molar-refractivity contribution in [2.75, 3.05) is 18.5 Å². The lowest BCUT2D eigenvalue weighted by molar-refractivity contribution is -0.149. The summed E-state index contributed by atoms with van der Waals surface area (Å²) in [6.45, 7) is -0.847. The normalized spacial score (nSPS) is 10.0. The Morgan fingerprint density at radius 3 is 2.40 bits per heavy atom. The van der Waals surface area contributed by atoms with E-state index in [0.29, 0.717) is 28.3 Å². The molecular weight excluding hydrogens is 369 g/mol. The molecule has 0 atom stereocenters. The van der Waals surface area contributed by atoms with Gasteiger partial charge in [-0.05, 0) is 42.5 Å². The zero-order valence-electron chi connectivity index (χ0n) is 12.8. The summed E-state index contributed by atoms with van der Waals surface area (Å²) >= 11 is 11.7. The second kappa shape index (κ2) is 9.05. The third kappa shape index (κ3) is 6.10. The van der Waals surface area contributed by atoms with Gasteiger partial charge in [0.1, 0.15) is 12.0 Å². The number of halogens is 2. The minimum Gasteiger partial charge on any atom is -0.482 e. The summed E-state index contributed by atoms with van der Waals surface area (Å²) in [5, 5.41) is 3.21. The Morgan fingerprint density at radius 1 is 1.04 bits per heavy atom. The van der Waals surface area contributed by atoms with Crippen LogP contribution in [0.5, 0.6) is 5.75 Å². The molecule has 0 unspecified atom stereocenters. The largest absolute Gasteiger partial charge is 0.482 e. The Hall–Kier alpha value is -2.57.